The highest BCUT2D eigenvalue weighted by Gasteiger charge is 2.08. The molecule has 94 valence electrons. The minimum atomic E-state index is -0.317. The normalized spacial score (nSPS) is 10.6. The molecule has 0 aliphatic carbocycles. The van der Waals surface area contributed by atoms with E-state index in [1.165, 1.54) is 10.6 Å². The molecule has 0 atom stereocenters. The van der Waals surface area contributed by atoms with Crippen LogP contribution in [0, 0.1) is 12.8 Å². The second kappa shape index (κ2) is 5.82. The summed E-state index contributed by atoms with van der Waals surface area (Å²) in [6.07, 6.45) is 0. The molecule has 5 nitrogen and oxygen atoms in total. The second-order valence-corrected chi connectivity index (χ2v) is 4.64. The Morgan fingerprint density at radius 3 is 2.76 bits per heavy atom. The van der Waals surface area contributed by atoms with Crippen LogP contribution in [0.5, 0.6) is 0 Å². The van der Waals surface area contributed by atoms with Gasteiger partial charge in [-0.1, -0.05) is 25.4 Å². The molecule has 0 fully saturated rings. The van der Waals surface area contributed by atoms with E-state index >= 15 is 0 Å². The molecule has 0 aliphatic heterocycles. The Kier molecular flexibility index (Phi) is 4.69. The topological polar surface area (TPSA) is 64.0 Å². The van der Waals surface area contributed by atoms with Crippen molar-refractivity contribution in [3.8, 4) is 0 Å². The number of aromatic nitrogens is 2. The lowest BCUT2D eigenvalue weighted by Gasteiger charge is -2.10. The van der Waals surface area contributed by atoms with Crippen LogP contribution < -0.4 is 10.9 Å². The molecule has 1 N–H and O–H groups in total. The van der Waals surface area contributed by atoms with E-state index in [1.807, 2.05) is 13.8 Å². The van der Waals surface area contributed by atoms with Crippen LogP contribution in [0.25, 0.3) is 0 Å². The fourth-order valence-electron chi connectivity index (χ4n) is 1.30. The van der Waals surface area contributed by atoms with Crippen molar-refractivity contribution in [2.75, 3.05) is 6.54 Å². The minimum Gasteiger partial charge on any atom is -0.354 e. The van der Waals surface area contributed by atoms with E-state index in [-0.39, 0.29) is 23.2 Å². The third-order valence-corrected chi connectivity index (χ3v) is 2.37. The molecule has 0 unspecified atom stereocenters. The SMILES string of the molecule is Cc1nc(Cl)cc(=O)n1CC(=O)NCC(C)C. The van der Waals surface area contributed by atoms with Crippen molar-refractivity contribution in [2.45, 2.75) is 27.3 Å². The first-order valence-corrected chi connectivity index (χ1v) is 5.78. The number of hydrogen-bond donors (Lipinski definition) is 1. The molecule has 1 aromatic heterocycles. The highest BCUT2D eigenvalue weighted by molar-refractivity contribution is 6.29. The van der Waals surface area contributed by atoms with Gasteiger partial charge >= 0.3 is 0 Å². The fourth-order valence-corrected chi connectivity index (χ4v) is 1.51. The number of nitrogens with one attached hydrogen (secondary N) is 1. The lowest BCUT2D eigenvalue weighted by molar-refractivity contribution is -0.121. The summed E-state index contributed by atoms with van der Waals surface area (Å²) in [5.74, 6) is 0.607. The van der Waals surface area contributed by atoms with Crippen molar-refractivity contribution in [2.24, 2.45) is 5.92 Å². The second-order valence-electron chi connectivity index (χ2n) is 4.25. The number of hydrogen-bond acceptors (Lipinski definition) is 3. The molecule has 0 bridgehead atoms. The Hall–Kier alpha value is -1.36. The quantitative estimate of drug-likeness (QED) is 0.818. The Labute approximate surface area is 105 Å². The average molecular weight is 258 g/mol. The minimum absolute atomic E-state index is 0.0262. The number of carbonyl (C=O) groups excluding carboxylic acids is 1. The number of rotatable bonds is 4. The third kappa shape index (κ3) is 4.19. The molecular weight excluding hydrogens is 242 g/mol. The Balaban J connectivity index is 2.75. The van der Waals surface area contributed by atoms with Gasteiger partial charge in [-0.3, -0.25) is 14.2 Å². The van der Waals surface area contributed by atoms with Crippen LogP contribution in [0.4, 0.5) is 0 Å². The van der Waals surface area contributed by atoms with Crippen LogP contribution in [-0.2, 0) is 11.3 Å². The fraction of sp³-hybridized carbons (Fsp3) is 0.545. The maximum Gasteiger partial charge on any atom is 0.255 e. The number of amides is 1. The Bertz CT molecular complexity index is 468. The number of carbonyl (C=O) groups is 1. The molecule has 17 heavy (non-hydrogen) atoms. The molecule has 1 rings (SSSR count). The van der Waals surface area contributed by atoms with Crippen molar-refractivity contribution in [3.05, 3.63) is 27.4 Å². The maximum atomic E-state index is 11.6. The Morgan fingerprint density at radius 2 is 2.24 bits per heavy atom. The zero-order valence-electron chi connectivity index (χ0n) is 10.2. The van der Waals surface area contributed by atoms with Gasteiger partial charge in [0.1, 0.15) is 17.5 Å². The van der Waals surface area contributed by atoms with Gasteiger partial charge in [0.05, 0.1) is 0 Å². The largest absolute Gasteiger partial charge is 0.354 e. The number of nitrogens with zero attached hydrogens (tertiary/aromatic N) is 2. The van der Waals surface area contributed by atoms with Gasteiger partial charge in [0.25, 0.3) is 5.56 Å². The van der Waals surface area contributed by atoms with Crippen molar-refractivity contribution in [1.29, 1.82) is 0 Å². The monoisotopic (exact) mass is 257 g/mol. The van der Waals surface area contributed by atoms with Gasteiger partial charge in [-0.05, 0) is 12.8 Å². The highest BCUT2D eigenvalue weighted by Crippen LogP contribution is 2.00. The van der Waals surface area contributed by atoms with E-state index in [0.29, 0.717) is 18.3 Å². The summed E-state index contributed by atoms with van der Waals surface area (Å²) in [4.78, 5) is 27.1. The first kappa shape index (κ1) is 13.7. The van der Waals surface area contributed by atoms with E-state index in [2.05, 4.69) is 10.3 Å². The molecule has 0 spiro atoms. The van der Waals surface area contributed by atoms with Gasteiger partial charge in [0, 0.05) is 12.6 Å². The van der Waals surface area contributed by atoms with Gasteiger partial charge in [0.2, 0.25) is 5.91 Å². The van der Waals surface area contributed by atoms with Crippen LogP contribution >= 0.6 is 11.6 Å². The predicted molar refractivity (Wildman–Crippen MR) is 66.1 cm³/mol. The van der Waals surface area contributed by atoms with Crippen LogP contribution in [-0.4, -0.2) is 22.0 Å². The molecule has 1 amide bonds. The van der Waals surface area contributed by atoms with Gasteiger partial charge in [-0.25, -0.2) is 4.98 Å². The summed E-state index contributed by atoms with van der Waals surface area (Å²) in [5.41, 5.74) is -0.317. The van der Waals surface area contributed by atoms with E-state index in [1.54, 1.807) is 6.92 Å². The van der Waals surface area contributed by atoms with Crippen molar-refractivity contribution in [3.63, 3.8) is 0 Å². The molecule has 0 aliphatic rings. The molecule has 0 saturated carbocycles. The first-order chi connectivity index (χ1) is 7.90. The zero-order valence-corrected chi connectivity index (χ0v) is 10.9. The molecule has 1 heterocycles. The van der Waals surface area contributed by atoms with Gasteiger partial charge < -0.3 is 5.32 Å². The van der Waals surface area contributed by atoms with Gasteiger partial charge in [0.15, 0.2) is 0 Å². The number of halogens is 1. The van der Waals surface area contributed by atoms with Crippen LogP contribution in [0.2, 0.25) is 5.15 Å². The summed E-state index contributed by atoms with van der Waals surface area (Å²) in [6.45, 7) is 6.21. The summed E-state index contributed by atoms with van der Waals surface area (Å²) in [7, 11) is 0. The third-order valence-electron chi connectivity index (χ3n) is 2.18. The predicted octanol–water partition coefficient (Wildman–Crippen LogP) is 0.977. The molecule has 1 aromatic rings. The first-order valence-electron chi connectivity index (χ1n) is 5.41. The van der Waals surface area contributed by atoms with E-state index < -0.39 is 0 Å². The molecular formula is C11H16ClN3O2. The van der Waals surface area contributed by atoms with Gasteiger partial charge in [-0.2, -0.15) is 0 Å². The van der Waals surface area contributed by atoms with Crippen molar-refractivity contribution in [1.82, 2.24) is 14.9 Å². The lowest BCUT2D eigenvalue weighted by atomic mass is 10.2. The standard InChI is InChI=1S/C11H16ClN3O2/c1-7(2)5-13-10(16)6-15-8(3)14-9(12)4-11(15)17/h4,7H,5-6H2,1-3H3,(H,13,16). The summed E-state index contributed by atoms with van der Waals surface area (Å²) in [5, 5.41) is 2.88. The molecule has 0 radical (unpaired) electrons. The zero-order chi connectivity index (χ0) is 13.0. The highest BCUT2D eigenvalue weighted by atomic mass is 35.5. The lowest BCUT2D eigenvalue weighted by Crippen LogP contribution is -2.35. The van der Waals surface area contributed by atoms with Crippen molar-refractivity contribution >= 4 is 17.5 Å². The summed E-state index contributed by atoms with van der Waals surface area (Å²) < 4.78 is 1.29. The average Bonchev–Trinajstić information content (AvgIpc) is 2.20. The van der Waals surface area contributed by atoms with E-state index in [4.69, 9.17) is 11.6 Å². The molecule has 0 saturated heterocycles. The number of aryl methyl sites for hydroxylation is 1. The van der Waals surface area contributed by atoms with Gasteiger partial charge in [-0.15, -0.1) is 0 Å². The molecule has 6 heteroatoms. The molecule has 0 aromatic carbocycles. The van der Waals surface area contributed by atoms with Crippen LogP contribution in [0.15, 0.2) is 10.9 Å². The van der Waals surface area contributed by atoms with Crippen molar-refractivity contribution < 1.29 is 4.79 Å². The smallest absolute Gasteiger partial charge is 0.255 e. The Morgan fingerprint density at radius 1 is 1.59 bits per heavy atom. The van der Waals surface area contributed by atoms with E-state index in [9.17, 15) is 9.59 Å². The van der Waals surface area contributed by atoms with E-state index in [0.717, 1.165) is 0 Å². The van der Waals surface area contributed by atoms with Crippen LogP contribution in [0.1, 0.15) is 19.7 Å². The maximum absolute atomic E-state index is 11.6. The summed E-state index contributed by atoms with van der Waals surface area (Å²) >= 11 is 5.64. The van der Waals surface area contributed by atoms with Crippen LogP contribution in [0.3, 0.4) is 0 Å². The summed E-state index contributed by atoms with van der Waals surface area (Å²) in [6, 6.07) is 1.20.